The quantitative estimate of drug-likeness (QED) is 0.684. The minimum atomic E-state index is -0.822. The fourth-order valence-corrected chi connectivity index (χ4v) is 2.52. The summed E-state index contributed by atoms with van der Waals surface area (Å²) in [5.41, 5.74) is 1.96. The Morgan fingerprint density at radius 2 is 1.92 bits per heavy atom. The van der Waals surface area contributed by atoms with E-state index in [1.54, 1.807) is 12.1 Å². The van der Waals surface area contributed by atoms with Gasteiger partial charge in [0.05, 0.1) is 10.0 Å². The van der Waals surface area contributed by atoms with Crippen LogP contribution in [0.5, 0.6) is 0 Å². The van der Waals surface area contributed by atoms with Crippen molar-refractivity contribution < 1.29 is 14.3 Å². The van der Waals surface area contributed by atoms with Crippen LogP contribution >= 0.6 is 23.2 Å². The van der Waals surface area contributed by atoms with Crippen LogP contribution in [0.1, 0.15) is 22.0 Å². The summed E-state index contributed by atoms with van der Waals surface area (Å²) < 4.78 is 6.37. The van der Waals surface area contributed by atoms with Crippen LogP contribution in [0.15, 0.2) is 24.3 Å². The number of aromatic nitrogens is 4. The highest BCUT2D eigenvalue weighted by atomic mass is 35.5. The summed E-state index contributed by atoms with van der Waals surface area (Å²) in [5.74, 6) is -1.24. The van der Waals surface area contributed by atoms with E-state index in [4.69, 9.17) is 27.9 Å². The summed E-state index contributed by atoms with van der Waals surface area (Å²) in [6.45, 7) is 3.13. The Morgan fingerprint density at radius 3 is 2.65 bits per heavy atom. The van der Waals surface area contributed by atoms with Crippen LogP contribution in [-0.2, 0) is 9.53 Å². The molecule has 3 rings (SSSR count). The second-order valence-corrected chi connectivity index (χ2v) is 6.25. The third-order valence-corrected chi connectivity index (χ3v) is 4.08. The molecule has 0 saturated heterocycles. The maximum absolute atomic E-state index is 12.1. The molecule has 0 atom stereocenters. The maximum atomic E-state index is 12.1. The third kappa shape index (κ3) is 3.92. The number of hydrogen-bond donors (Lipinski definition) is 1. The first-order chi connectivity index (χ1) is 12.3. The molecule has 2 heterocycles. The molecule has 3 aromatic rings. The minimum absolute atomic E-state index is 0.173. The Labute approximate surface area is 158 Å². The summed E-state index contributed by atoms with van der Waals surface area (Å²) in [5, 5.41) is 7.25. The minimum Gasteiger partial charge on any atom is -0.450 e. The summed E-state index contributed by atoms with van der Waals surface area (Å²) in [6.07, 6.45) is 0. The molecule has 0 saturated carbocycles. The van der Waals surface area contributed by atoms with Crippen molar-refractivity contribution in [1.29, 1.82) is 0 Å². The van der Waals surface area contributed by atoms with Crippen molar-refractivity contribution in [2.45, 2.75) is 13.8 Å². The van der Waals surface area contributed by atoms with Gasteiger partial charge in [-0.25, -0.2) is 14.3 Å². The number of carbonyl (C=O) groups excluding carboxylic acids is 2. The Morgan fingerprint density at radius 1 is 1.15 bits per heavy atom. The lowest BCUT2D eigenvalue weighted by atomic mass is 10.3. The van der Waals surface area contributed by atoms with Crippen molar-refractivity contribution in [3.05, 3.63) is 51.5 Å². The van der Waals surface area contributed by atoms with E-state index in [1.807, 2.05) is 19.9 Å². The fourth-order valence-electron chi connectivity index (χ4n) is 2.22. The predicted octanol–water partition coefficient (Wildman–Crippen LogP) is 2.84. The fraction of sp³-hybridized carbons (Fsp3) is 0.188. The number of amides is 1. The number of anilines is 1. The van der Waals surface area contributed by atoms with Gasteiger partial charge in [-0.1, -0.05) is 23.2 Å². The van der Waals surface area contributed by atoms with Crippen LogP contribution in [0.2, 0.25) is 10.0 Å². The first-order valence-electron chi connectivity index (χ1n) is 7.46. The van der Waals surface area contributed by atoms with E-state index in [0.29, 0.717) is 15.7 Å². The molecule has 1 amide bonds. The van der Waals surface area contributed by atoms with E-state index >= 15 is 0 Å². The lowest BCUT2D eigenvalue weighted by Crippen LogP contribution is -2.21. The number of hydrogen-bond acceptors (Lipinski definition) is 6. The van der Waals surface area contributed by atoms with Gasteiger partial charge < -0.3 is 10.1 Å². The molecule has 0 unspecified atom stereocenters. The van der Waals surface area contributed by atoms with Crippen LogP contribution < -0.4 is 5.32 Å². The molecule has 8 nitrogen and oxygen atoms in total. The van der Waals surface area contributed by atoms with Gasteiger partial charge in [0, 0.05) is 17.1 Å². The van der Waals surface area contributed by atoms with Crippen molar-refractivity contribution >= 4 is 46.5 Å². The van der Waals surface area contributed by atoms with Crippen LogP contribution in [0.25, 0.3) is 5.78 Å². The number of benzene rings is 1. The standard InChI is InChI=1S/C16H13Cl2N5O3/c1-8-5-9(2)23-16(19-8)21-14(22-23)15(25)26-7-13(24)20-10-3-4-11(17)12(18)6-10/h3-6H,7H2,1-2H3,(H,20,24). The number of ether oxygens (including phenoxy) is 1. The Hall–Kier alpha value is -2.71. The van der Waals surface area contributed by atoms with Gasteiger partial charge in [-0.05, 0) is 38.1 Å². The van der Waals surface area contributed by atoms with Crippen molar-refractivity contribution in [1.82, 2.24) is 19.6 Å². The molecule has 0 fully saturated rings. The lowest BCUT2D eigenvalue weighted by Gasteiger charge is -2.06. The van der Waals surface area contributed by atoms with E-state index in [2.05, 4.69) is 20.4 Å². The molecule has 26 heavy (non-hydrogen) atoms. The van der Waals surface area contributed by atoms with Crippen molar-refractivity contribution in [2.24, 2.45) is 0 Å². The zero-order chi connectivity index (χ0) is 18.8. The molecule has 10 heteroatoms. The zero-order valence-corrected chi connectivity index (χ0v) is 15.3. The van der Waals surface area contributed by atoms with Gasteiger partial charge in [0.2, 0.25) is 0 Å². The first kappa shape index (κ1) is 18.1. The van der Waals surface area contributed by atoms with Crippen LogP contribution in [0.4, 0.5) is 5.69 Å². The van der Waals surface area contributed by atoms with Crippen LogP contribution in [-0.4, -0.2) is 38.1 Å². The normalized spacial score (nSPS) is 10.8. The molecule has 0 radical (unpaired) electrons. The lowest BCUT2D eigenvalue weighted by molar-refractivity contribution is -0.119. The summed E-state index contributed by atoms with van der Waals surface area (Å²) in [4.78, 5) is 32.2. The smallest absolute Gasteiger partial charge is 0.378 e. The van der Waals surface area contributed by atoms with Gasteiger partial charge in [0.1, 0.15) is 0 Å². The Balaban J connectivity index is 1.64. The molecule has 0 spiro atoms. The zero-order valence-electron chi connectivity index (χ0n) is 13.8. The average Bonchev–Trinajstić information content (AvgIpc) is 3.00. The number of nitrogens with zero attached hydrogens (tertiary/aromatic N) is 4. The van der Waals surface area contributed by atoms with Crippen LogP contribution in [0, 0.1) is 13.8 Å². The van der Waals surface area contributed by atoms with Gasteiger partial charge in [0.25, 0.3) is 17.5 Å². The molecule has 0 aliphatic heterocycles. The number of halogens is 2. The molecular formula is C16H13Cl2N5O3. The monoisotopic (exact) mass is 393 g/mol. The van der Waals surface area contributed by atoms with Crippen LogP contribution in [0.3, 0.4) is 0 Å². The second kappa shape index (κ2) is 7.27. The second-order valence-electron chi connectivity index (χ2n) is 5.44. The highest BCUT2D eigenvalue weighted by Crippen LogP contribution is 2.24. The number of aryl methyl sites for hydroxylation is 2. The molecule has 2 aromatic heterocycles. The predicted molar refractivity (Wildman–Crippen MR) is 95.6 cm³/mol. The molecule has 1 aromatic carbocycles. The van der Waals surface area contributed by atoms with Gasteiger partial charge in [-0.3, -0.25) is 4.79 Å². The largest absolute Gasteiger partial charge is 0.450 e. The number of fused-ring (bicyclic) bond motifs is 1. The van der Waals surface area contributed by atoms with Gasteiger partial charge >= 0.3 is 5.97 Å². The molecular weight excluding hydrogens is 381 g/mol. The van der Waals surface area contributed by atoms with E-state index in [1.165, 1.54) is 10.6 Å². The number of rotatable bonds is 4. The van der Waals surface area contributed by atoms with E-state index in [0.717, 1.165) is 11.4 Å². The summed E-state index contributed by atoms with van der Waals surface area (Å²) >= 11 is 11.7. The number of nitrogens with one attached hydrogen (secondary N) is 1. The molecule has 134 valence electrons. The molecule has 0 bridgehead atoms. The third-order valence-electron chi connectivity index (χ3n) is 3.34. The molecule has 1 N–H and O–H groups in total. The summed E-state index contributed by atoms with van der Waals surface area (Å²) in [7, 11) is 0. The average molecular weight is 394 g/mol. The Kier molecular flexibility index (Phi) is 5.06. The van der Waals surface area contributed by atoms with E-state index in [9.17, 15) is 9.59 Å². The van der Waals surface area contributed by atoms with E-state index in [-0.39, 0.29) is 11.6 Å². The Bertz CT molecular complexity index is 1020. The van der Waals surface area contributed by atoms with Crippen molar-refractivity contribution in [3.63, 3.8) is 0 Å². The SMILES string of the molecule is Cc1cc(C)n2nc(C(=O)OCC(=O)Nc3ccc(Cl)c(Cl)c3)nc2n1. The van der Waals surface area contributed by atoms with E-state index < -0.39 is 18.5 Å². The van der Waals surface area contributed by atoms with Gasteiger partial charge in [-0.2, -0.15) is 4.98 Å². The topological polar surface area (TPSA) is 98.5 Å². The molecule has 0 aliphatic rings. The van der Waals surface area contributed by atoms with Gasteiger partial charge in [0.15, 0.2) is 6.61 Å². The number of esters is 1. The number of carbonyl (C=O) groups is 2. The van der Waals surface area contributed by atoms with Crippen molar-refractivity contribution in [3.8, 4) is 0 Å². The van der Waals surface area contributed by atoms with Gasteiger partial charge in [-0.15, -0.1) is 5.10 Å². The summed E-state index contributed by atoms with van der Waals surface area (Å²) in [6, 6.07) is 6.42. The van der Waals surface area contributed by atoms with Crippen molar-refractivity contribution in [2.75, 3.05) is 11.9 Å². The highest BCUT2D eigenvalue weighted by Gasteiger charge is 2.18. The highest BCUT2D eigenvalue weighted by molar-refractivity contribution is 6.42. The molecule has 0 aliphatic carbocycles. The first-order valence-corrected chi connectivity index (χ1v) is 8.22. The maximum Gasteiger partial charge on any atom is 0.378 e.